The van der Waals surface area contributed by atoms with Gasteiger partial charge in [0.1, 0.15) is 5.82 Å². The molecular formula is C21H31N5O2. The first kappa shape index (κ1) is 20.5. The SMILES string of the molecule is CC(C)OCc1cccc(CNC(=O)CN2CCNCC2c2nccn2C)c1. The Morgan fingerprint density at radius 2 is 2.21 bits per heavy atom. The molecule has 1 amide bonds. The van der Waals surface area contributed by atoms with Gasteiger partial charge in [-0.2, -0.15) is 0 Å². The molecule has 152 valence electrons. The number of piperazine rings is 1. The number of carbonyl (C=O) groups excluding carboxylic acids is 1. The molecule has 1 aromatic heterocycles. The molecule has 1 unspecified atom stereocenters. The van der Waals surface area contributed by atoms with E-state index in [0.29, 0.717) is 19.7 Å². The summed E-state index contributed by atoms with van der Waals surface area (Å²) in [6, 6.07) is 8.28. The molecule has 0 radical (unpaired) electrons. The fourth-order valence-electron chi connectivity index (χ4n) is 3.42. The van der Waals surface area contributed by atoms with Crippen LogP contribution in [0.3, 0.4) is 0 Å². The van der Waals surface area contributed by atoms with E-state index in [1.54, 1.807) is 6.20 Å². The maximum atomic E-state index is 12.6. The Morgan fingerprint density at radius 1 is 1.39 bits per heavy atom. The summed E-state index contributed by atoms with van der Waals surface area (Å²) in [5.41, 5.74) is 2.21. The maximum Gasteiger partial charge on any atom is 0.234 e. The third-order valence-corrected chi connectivity index (χ3v) is 4.92. The second kappa shape index (κ2) is 9.82. The van der Waals surface area contributed by atoms with Crippen LogP contribution in [-0.4, -0.2) is 52.6 Å². The van der Waals surface area contributed by atoms with Crippen molar-refractivity contribution in [1.82, 2.24) is 25.1 Å². The Hall–Kier alpha value is -2.22. The lowest BCUT2D eigenvalue weighted by Crippen LogP contribution is -2.50. The van der Waals surface area contributed by atoms with E-state index in [1.165, 1.54) is 0 Å². The van der Waals surface area contributed by atoms with Crippen LogP contribution < -0.4 is 10.6 Å². The van der Waals surface area contributed by atoms with Crippen molar-refractivity contribution in [3.05, 3.63) is 53.6 Å². The van der Waals surface area contributed by atoms with Crippen LogP contribution in [0.25, 0.3) is 0 Å². The van der Waals surface area contributed by atoms with Gasteiger partial charge >= 0.3 is 0 Å². The van der Waals surface area contributed by atoms with E-state index in [4.69, 9.17) is 4.74 Å². The summed E-state index contributed by atoms with van der Waals surface area (Å²) in [5.74, 6) is 1.02. The molecule has 7 nitrogen and oxygen atoms in total. The summed E-state index contributed by atoms with van der Waals surface area (Å²) in [6.07, 6.45) is 3.95. The average molecular weight is 386 g/mol. The minimum absolute atomic E-state index is 0.0324. The van der Waals surface area contributed by atoms with E-state index in [2.05, 4.69) is 26.6 Å². The molecule has 2 N–H and O–H groups in total. The van der Waals surface area contributed by atoms with Gasteiger partial charge in [-0.25, -0.2) is 4.98 Å². The van der Waals surface area contributed by atoms with Crippen LogP contribution in [0.15, 0.2) is 36.7 Å². The number of nitrogens with zero attached hydrogens (tertiary/aromatic N) is 3. The summed E-state index contributed by atoms with van der Waals surface area (Å²) >= 11 is 0. The molecule has 0 spiro atoms. The summed E-state index contributed by atoms with van der Waals surface area (Å²) in [7, 11) is 1.99. The fraction of sp³-hybridized carbons (Fsp3) is 0.524. The van der Waals surface area contributed by atoms with Crippen LogP contribution in [0.4, 0.5) is 0 Å². The second-order valence-electron chi connectivity index (χ2n) is 7.54. The Labute approximate surface area is 167 Å². The van der Waals surface area contributed by atoms with Crippen molar-refractivity contribution in [3.63, 3.8) is 0 Å². The molecule has 7 heteroatoms. The van der Waals surface area contributed by atoms with Gasteiger partial charge in [0.15, 0.2) is 0 Å². The standard InChI is InChI=1S/C21H31N5O2/c1-16(2)28-15-18-6-4-5-17(11-18)12-24-20(27)14-26-10-7-22-13-19(26)21-23-8-9-25(21)3/h4-6,8-9,11,16,19,22H,7,10,12-15H2,1-3H3,(H,24,27). The highest BCUT2D eigenvalue weighted by Gasteiger charge is 2.28. The molecule has 3 rings (SSSR count). The van der Waals surface area contributed by atoms with Crippen molar-refractivity contribution in [2.24, 2.45) is 7.05 Å². The molecule has 0 bridgehead atoms. The van der Waals surface area contributed by atoms with E-state index in [0.717, 1.165) is 36.6 Å². The fourth-order valence-corrected chi connectivity index (χ4v) is 3.42. The van der Waals surface area contributed by atoms with E-state index in [1.807, 2.05) is 49.9 Å². The van der Waals surface area contributed by atoms with Gasteiger partial charge in [0.05, 0.1) is 25.3 Å². The zero-order valence-electron chi connectivity index (χ0n) is 17.0. The normalized spacial score (nSPS) is 17.8. The van der Waals surface area contributed by atoms with Crippen molar-refractivity contribution in [2.45, 2.75) is 39.1 Å². The molecule has 0 aliphatic carbocycles. The van der Waals surface area contributed by atoms with Crippen LogP contribution >= 0.6 is 0 Å². The Kier molecular flexibility index (Phi) is 7.19. The number of carbonyl (C=O) groups is 1. The van der Waals surface area contributed by atoms with Crippen molar-refractivity contribution >= 4 is 5.91 Å². The quantitative estimate of drug-likeness (QED) is 0.722. The largest absolute Gasteiger partial charge is 0.374 e. The molecule has 1 saturated heterocycles. The predicted octanol–water partition coefficient (Wildman–Crippen LogP) is 1.61. The van der Waals surface area contributed by atoms with Gasteiger partial charge in [0.25, 0.3) is 0 Å². The van der Waals surface area contributed by atoms with E-state index in [9.17, 15) is 4.79 Å². The topological polar surface area (TPSA) is 71.4 Å². The number of imidazole rings is 1. The third-order valence-electron chi connectivity index (χ3n) is 4.92. The van der Waals surface area contributed by atoms with Gasteiger partial charge in [-0.05, 0) is 25.0 Å². The lowest BCUT2D eigenvalue weighted by atomic mass is 10.1. The smallest absolute Gasteiger partial charge is 0.234 e. The van der Waals surface area contributed by atoms with Gasteiger partial charge in [-0.15, -0.1) is 0 Å². The molecule has 1 aromatic carbocycles. The third kappa shape index (κ3) is 5.64. The number of aryl methyl sites for hydroxylation is 1. The monoisotopic (exact) mass is 385 g/mol. The highest BCUT2D eigenvalue weighted by molar-refractivity contribution is 5.78. The molecule has 28 heavy (non-hydrogen) atoms. The molecule has 2 heterocycles. The van der Waals surface area contributed by atoms with Crippen LogP contribution in [0.2, 0.25) is 0 Å². The van der Waals surface area contributed by atoms with Crippen molar-refractivity contribution in [1.29, 1.82) is 0 Å². The molecule has 2 aromatic rings. The van der Waals surface area contributed by atoms with Gasteiger partial charge < -0.3 is 19.9 Å². The highest BCUT2D eigenvalue weighted by Crippen LogP contribution is 2.19. The number of hydrogen-bond acceptors (Lipinski definition) is 5. The second-order valence-corrected chi connectivity index (χ2v) is 7.54. The zero-order valence-corrected chi connectivity index (χ0v) is 17.0. The van der Waals surface area contributed by atoms with E-state index in [-0.39, 0.29) is 18.1 Å². The van der Waals surface area contributed by atoms with E-state index < -0.39 is 0 Å². The van der Waals surface area contributed by atoms with Gasteiger partial charge in [0.2, 0.25) is 5.91 Å². The zero-order chi connectivity index (χ0) is 19.9. The Balaban J connectivity index is 1.53. The Bertz CT molecular complexity index is 774. The first-order valence-electron chi connectivity index (χ1n) is 9.91. The van der Waals surface area contributed by atoms with Crippen molar-refractivity contribution < 1.29 is 9.53 Å². The van der Waals surface area contributed by atoms with Crippen LogP contribution in [0, 0.1) is 0 Å². The number of amides is 1. The molecule has 0 saturated carbocycles. The molecular weight excluding hydrogens is 354 g/mol. The predicted molar refractivity (Wildman–Crippen MR) is 109 cm³/mol. The van der Waals surface area contributed by atoms with Crippen LogP contribution in [-0.2, 0) is 29.7 Å². The molecule has 1 aliphatic heterocycles. The van der Waals surface area contributed by atoms with Gasteiger partial charge in [-0.1, -0.05) is 24.3 Å². The van der Waals surface area contributed by atoms with Gasteiger partial charge in [-0.3, -0.25) is 9.69 Å². The number of nitrogens with one attached hydrogen (secondary N) is 2. The molecule has 1 atom stereocenters. The lowest BCUT2D eigenvalue weighted by Gasteiger charge is -2.35. The first-order valence-corrected chi connectivity index (χ1v) is 9.91. The summed E-state index contributed by atoms with van der Waals surface area (Å²) in [6.45, 7) is 8.04. The summed E-state index contributed by atoms with van der Waals surface area (Å²) in [5, 5.41) is 6.45. The van der Waals surface area contributed by atoms with Crippen LogP contribution in [0.5, 0.6) is 0 Å². The number of benzene rings is 1. The number of hydrogen-bond donors (Lipinski definition) is 2. The minimum atomic E-state index is 0.0324. The minimum Gasteiger partial charge on any atom is -0.374 e. The van der Waals surface area contributed by atoms with Crippen molar-refractivity contribution in [3.8, 4) is 0 Å². The first-order chi connectivity index (χ1) is 13.5. The molecule has 1 fully saturated rings. The Morgan fingerprint density at radius 3 is 2.96 bits per heavy atom. The average Bonchev–Trinajstić information content (AvgIpc) is 3.11. The molecule has 1 aliphatic rings. The van der Waals surface area contributed by atoms with Crippen LogP contribution in [0.1, 0.15) is 36.8 Å². The van der Waals surface area contributed by atoms with Crippen molar-refractivity contribution in [2.75, 3.05) is 26.2 Å². The lowest BCUT2D eigenvalue weighted by molar-refractivity contribution is -0.123. The van der Waals surface area contributed by atoms with E-state index >= 15 is 0 Å². The summed E-state index contributed by atoms with van der Waals surface area (Å²) in [4.78, 5) is 19.2. The van der Waals surface area contributed by atoms with Gasteiger partial charge in [0, 0.05) is 45.6 Å². The maximum absolute atomic E-state index is 12.6. The number of ether oxygens (including phenoxy) is 1. The highest BCUT2D eigenvalue weighted by atomic mass is 16.5. The number of aromatic nitrogens is 2. The number of rotatable bonds is 8. The summed E-state index contributed by atoms with van der Waals surface area (Å²) < 4.78 is 7.68.